The van der Waals surface area contributed by atoms with Crippen molar-refractivity contribution in [1.82, 2.24) is 4.98 Å². The first-order valence-corrected chi connectivity index (χ1v) is 5.90. The minimum atomic E-state index is -0.960. The number of hydrogen-bond donors (Lipinski definition) is 1. The Morgan fingerprint density at radius 2 is 2.44 bits per heavy atom. The Morgan fingerprint density at radius 1 is 1.61 bits per heavy atom. The first-order valence-electron chi connectivity index (χ1n) is 5.90. The second kappa shape index (κ2) is 5.34. The van der Waals surface area contributed by atoms with Crippen molar-refractivity contribution in [2.24, 2.45) is 5.41 Å². The Kier molecular flexibility index (Phi) is 3.80. The maximum absolute atomic E-state index is 10.4. The third-order valence-corrected chi connectivity index (χ3v) is 3.25. The first kappa shape index (κ1) is 12.8. The maximum atomic E-state index is 10.4. The molecule has 1 aliphatic heterocycles. The molecular formula is C13H16N2O3. The number of hydrogen-bond acceptors (Lipinski definition) is 5. The van der Waals surface area contributed by atoms with Crippen LogP contribution in [0.1, 0.15) is 24.6 Å². The van der Waals surface area contributed by atoms with Crippen LogP contribution in [0.4, 0.5) is 0 Å². The third kappa shape index (κ3) is 2.30. The van der Waals surface area contributed by atoms with E-state index in [1.165, 1.54) is 7.11 Å². The summed E-state index contributed by atoms with van der Waals surface area (Å²) in [5.74, 6) is 0.427. The quantitative estimate of drug-likeness (QED) is 0.876. The Hall–Kier alpha value is -1.64. The zero-order chi connectivity index (χ0) is 13.0. The fourth-order valence-electron chi connectivity index (χ4n) is 2.16. The van der Waals surface area contributed by atoms with E-state index in [1.54, 1.807) is 18.2 Å². The Labute approximate surface area is 106 Å². The van der Waals surface area contributed by atoms with E-state index in [9.17, 15) is 10.4 Å². The van der Waals surface area contributed by atoms with Gasteiger partial charge in [0.05, 0.1) is 25.5 Å². The van der Waals surface area contributed by atoms with Crippen molar-refractivity contribution < 1.29 is 14.6 Å². The highest BCUT2D eigenvalue weighted by Crippen LogP contribution is 2.39. The molecule has 0 bridgehead atoms. The van der Waals surface area contributed by atoms with E-state index < -0.39 is 11.5 Å². The summed E-state index contributed by atoms with van der Waals surface area (Å²) in [6.45, 7) is 0.880. The Balaban J connectivity index is 2.28. The summed E-state index contributed by atoms with van der Waals surface area (Å²) in [7, 11) is 1.52. The molecule has 2 heterocycles. The van der Waals surface area contributed by atoms with Gasteiger partial charge in [-0.2, -0.15) is 5.26 Å². The van der Waals surface area contributed by atoms with Crippen molar-refractivity contribution in [2.75, 3.05) is 20.3 Å². The number of aliphatic hydroxyl groups is 1. The molecule has 0 saturated carbocycles. The van der Waals surface area contributed by atoms with Crippen LogP contribution in [0, 0.1) is 16.7 Å². The van der Waals surface area contributed by atoms with Crippen LogP contribution < -0.4 is 4.74 Å². The molecule has 1 N–H and O–H groups in total. The first-order chi connectivity index (χ1) is 8.72. The monoisotopic (exact) mass is 248 g/mol. The van der Waals surface area contributed by atoms with Gasteiger partial charge < -0.3 is 14.6 Å². The molecule has 1 fully saturated rings. The summed E-state index contributed by atoms with van der Waals surface area (Å²) in [6, 6.07) is 7.34. The lowest BCUT2D eigenvalue weighted by molar-refractivity contribution is -0.0522. The number of rotatable bonds is 3. The molecule has 0 amide bonds. The van der Waals surface area contributed by atoms with Gasteiger partial charge in [-0.15, -0.1) is 0 Å². The van der Waals surface area contributed by atoms with Crippen LogP contribution in [0.15, 0.2) is 18.2 Å². The highest BCUT2D eigenvalue weighted by molar-refractivity contribution is 5.21. The summed E-state index contributed by atoms with van der Waals surface area (Å²) in [4.78, 5) is 4.18. The van der Waals surface area contributed by atoms with Gasteiger partial charge in [-0.25, -0.2) is 4.98 Å². The molecule has 0 aliphatic carbocycles. The van der Waals surface area contributed by atoms with Gasteiger partial charge in [-0.05, 0) is 18.9 Å². The SMILES string of the molecule is COc1cccc(C(O)C2(C#N)CCCOC2)n1. The molecule has 2 rings (SSSR count). The zero-order valence-corrected chi connectivity index (χ0v) is 10.3. The topological polar surface area (TPSA) is 75.4 Å². The molecule has 2 unspecified atom stereocenters. The van der Waals surface area contributed by atoms with E-state index in [2.05, 4.69) is 11.1 Å². The van der Waals surface area contributed by atoms with Crippen LogP contribution in [-0.2, 0) is 4.74 Å². The van der Waals surface area contributed by atoms with Crippen LogP contribution in [0.25, 0.3) is 0 Å². The van der Waals surface area contributed by atoms with E-state index in [4.69, 9.17) is 9.47 Å². The molecule has 5 nitrogen and oxygen atoms in total. The maximum Gasteiger partial charge on any atom is 0.213 e. The van der Waals surface area contributed by atoms with Gasteiger partial charge in [0.25, 0.3) is 0 Å². The summed E-state index contributed by atoms with van der Waals surface area (Å²) in [6.07, 6.45) is 0.427. The number of aromatic nitrogens is 1. The van der Waals surface area contributed by atoms with Gasteiger partial charge in [-0.3, -0.25) is 0 Å². The lowest BCUT2D eigenvalue weighted by Gasteiger charge is -2.34. The molecule has 0 spiro atoms. The second-order valence-electron chi connectivity index (χ2n) is 4.43. The number of aliphatic hydroxyl groups excluding tert-OH is 1. The minimum absolute atomic E-state index is 0.240. The summed E-state index contributed by atoms with van der Waals surface area (Å²) >= 11 is 0. The van der Waals surface area contributed by atoms with Crippen LogP contribution in [0.5, 0.6) is 5.88 Å². The molecule has 2 atom stereocenters. The smallest absolute Gasteiger partial charge is 0.213 e. The van der Waals surface area contributed by atoms with Crippen LogP contribution >= 0.6 is 0 Å². The number of nitrogens with zero attached hydrogens (tertiary/aromatic N) is 2. The fraction of sp³-hybridized carbons (Fsp3) is 0.538. The van der Waals surface area contributed by atoms with Gasteiger partial charge in [0.2, 0.25) is 5.88 Å². The van der Waals surface area contributed by atoms with Crippen molar-refractivity contribution in [3.8, 4) is 11.9 Å². The molecule has 0 aromatic carbocycles. The van der Waals surface area contributed by atoms with E-state index in [0.29, 0.717) is 24.6 Å². The van der Waals surface area contributed by atoms with E-state index in [1.807, 2.05) is 0 Å². The van der Waals surface area contributed by atoms with E-state index in [-0.39, 0.29) is 6.61 Å². The predicted molar refractivity (Wildman–Crippen MR) is 63.8 cm³/mol. The molecule has 96 valence electrons. The van der Waals surface area contributed by atoms with Gasteiger partial charge in [0.1, 0.15) is 11.5 Å². The fourth-order valence-corrected chi connectivity index (χ4v) is 2.16. The predicted octanol–water partition coefficient (Wildman–Crippen LogP) is 1.44. The minimum Gasteiger partial charge on any atom is -0.481 e. The van der Waals surface area contributed by atoms with Crippen molar-refractivity contribution in [2.45, 2.75) is 18.9 Å². The average molecular weight is 248 g/mol. The summed E-state index contributed by atoms with van der Waals surface area (Å²) in [5.41, 5.74) is -0.459. The van der Waals surface area contributed by atoms with Gasteiger partial charge in [0, 0.05) is 12.7 Å². The van der Waals surface area contributed by atoms with E-state index >= 15 is 0 Å². The Morgan fingerprint density at radius 3 is 3.06 bits per heavy atom. The number of nitriles is 1. The largest absolute Gasteiger partial charge is 0.481 e. The number of ether oxygens (including phenoxy) is 2. The van der Waals surface area contributed by atoms with Crippen LogP contribution in [0.2, 0.25) is 0 Å². The lowest BCUT2D eigenvalue weighted by Crippen LogP contribution is -2.36. The highest BCUT2D eigenvalue weighted by atomic mass is 16.5. The average Bonchev–Trinajstić information content (AvgIpc) is 2.47. The van der Waals surface area contributed by atoms with Crippen molar-refractivity contribution in [3.05, 3.63) is 23.9 Å². The summed E-state index contributed by atoms with van der Waals surface area (Å²) < 4.78 is 10.4. The van der Waals surface area contributed by atoms with Gasteiger partial charge in [0.15, 0.2) is 0 Å². The standard InChI is InChI=1S/C13H16N2O3/c1-17-11-5-2-4-10(15-11)12(16)13(8-14)6-3-7-18-9-13/h2,4-5,12,16H,3,6-7,9H2,1H3. The van der Waals surface area contributed by atoms with Crippen molar-refractivity contribution in [1.29, 1.82) is 5.26 Å². The molecule has 1 aromatic heterocycles. The molecule has 5 heteroatoms. The molecule has 1 aromatic rings. The summed E-state index contributed by atoms with van der Waals surface area (Å²) in [5, 5.41) is 19.7. The molecule has 18 heavy (non-hydrogen) atoms. The molecule has 1 saturated heterocycles. The second-order valence-corrected chi connectivity index (χ2v) is 4.43. The van der Waals surface area contributed by atoms with Crippen molar-refractivity contribution in [3.63, 3.8) is 0 Å². The normalized spacial score (nSPS) is 25.2. The third-order valence-electron chi connectivity index (χ3n) is 3.25. The number of methoxy groups -OCH3 is 1. The van der Waals surface area contributed by atoms with E-state index in [0.717, 1.165) is 6.42 Å². The molecule has 0 radical (unpaired) electrons. The zero-order valence-electron chi connectivity index (χ0n) is 10.3. The molecule has 1 aliphatic rings. The number of pyridine rings is 1. The highest BCUT2D eigenvalue weighted by Gasteiger charge is 2.42. The lowest BCUT2D eigenvalue weighted by atomic mass is 9.77. The van der Waals surface area contributed by atoms with Crippen LogP contribution in [0.3, 0.4) is 0 Å². The van der Waals surface area contributed by atoms with Crippen LogP contribution in [-0.4, -0.2) is 30.4 Å². The Bertz CT molecular complexity index is 450. The van der Waals surface area contributed by atoms with Gasteiger partial charge >= 0.3 is 0 Å². The van der Waals surface area contributed by atoms with Crippen molar-refractivity contribution >= 4 is 0 Å². The molecular weight excluding hydrogens is 232 g/mol. The van der Waals surface area contributed by atoms with Gasteiger partial charge in [-0.1, -0.05) is 6.07 Å².